The summed E-state index contributed by atoms with van der Waals surface area (Å²) in [5.74, 6) is 0.308. The number of nitro groups is 1. The van der Waals surface area contributed by atoms with Gasteiger partial charge in [-0.2, -0.15) is 0 Å². The summed E-state index contributed by atoms with van der Waals surface area (Å²) in [7, 11) is 0. The molecule has 0 bridgehead atoms. The molecule has 0 aliphatic rings. The Labute approximate surface area is 101 Å². The second-order valence-corrected chi connectivity index (χ2v) is 4.12. The number of hydrogen-bond acceptors (Lipinski definition) is 4. The summed E-state index contributed by atoms with van der Waals surface area (Å²) in [4.78, 5) is 9.93. The number of furan rings is 1. The molecule has 17 heavy (non-hydrogen) atoms. The van der Waals surface area contributed by atoms with Crippen LogP contribution >= 0.6 is 0 Å². The van der Waals surface area contributed by atoms with Crippen LogP contribution in [0.25, 0.3) is 6.08 Å². The molecule has 0 spiro atoms. The zero-order valence-corrected chi connectivity index (χ0v) is 10.4. The Morgan fingerprint density at radius 1 is 1.59 bits per heavy atom. The second-order valence-electron chi connectivity index (χ2n) is 4.12. The third kappa shape index (κ3) is 4.40. The van der Waals surface area contributed by atoms with Crippen molar-refractivity contribution >= 4 is 12.0 Å². The van der Waals surface area contributed by atoms with E-state index in [-0.39, 0.29) is 5.88 Å². The normalized spacial score (nSPS) is 12.1. The topological polar surface area (TPSA) is 68.3 Å². The molecule has 0 atom stereocenters. The van der Waals surface area contributed by atoms with Gasteiger partial charge in [0, 0.05) is 12.6 Å². The fourth-order valence-corrected chi connectivity index (χ4v) is 1.33. The fraction of sp³-hybridized carbons (Fsp3) is 0.500. The maximum absolute atomic E-state index is 10.5. The maximum atomic E-state index is 10.5. The van der Waals surface area contributed by atoms with E-state index in [0.29, 0.717) is 11.8 Å². The van der Waals surface area contributed by atoms with Crippen LogP contribution < -0.4 is 5.32 Å². The third-order valence-electron chi connectivity index (χ3n) is 2.33. The highest BCUT2D eigenvalue weighted by atomic mass is 16.6. The van der Waals surface area contributed by atoms with Crippen molar-refractivity contribution in [2.75, 3.05) is 6.54 Å². The van der Waals surface area contributed by atoms with Crippen LogP contribution in [0.3, 0.4) is 0 Å². The molecule has 1 heterocycles. The summed E-state index contributed by atoms with van der Waals surface area (Å²) in [5, 5.41) is 13.8. The second kappa shape index (κ2) is 6.20. The van der Waals surface area contributed by atoms with Crippen LogP contribution in [0.5, 0.6) is 0 Å². The van der Waals surface area contributed by atoms with Crippen molar-refractivity contribution in [2.24, 2.45) is 0 Å². The van der Waals surface area contributed by atoms with E-state index >= 15 is 0 Å². The molecule has 0 unspecified atom stereocenters. The predicted octanol–water partition coefficient (Wildman–Crippen LogP) is 2.98. The van der Waals surface area contributed by atoms with E-state index in [1.165, 1.54) is 6.07 Å². The molecule has 1 aromatic heterocycles. The average Bonchev–Trinajstić information content (AvgIpc) is 2.72. The minimum Gasteiger partial charge on any atom is -0.401 e. The van der Waals surface area contributed by atoms with Crippen molar-refractivity contribution in [2.45, 2.75) is 33.2 Å². The summed E-state index contributed by atoms with van der Waals surface area (Å²) in [5.41, 5.74) is 1.16. The largest absolute Gasteiger partial charge is 0.433 e. The Kier molecular flexibility index (Phi) is 4.90. The standard InChI is InChI=1S/C12H18N2O3/c1-4-10(8-13-9(2)3)7-11-5-6-12(17-11)14(15)16/h5-7,9,13H,4,8H2,1-3H3. The SMILES string of the molecule is CCC(=Cc1ccc([N+](=O)[O-])o1)CNC(C)C. The van der Waals surface area contributed by atoms with Crippen LogP contribution in [-0.2, 0) is 0 Å². The van der Waals surface area contributed by atoms with Gasteiger partial charge in [0.05, 0.1) is 6.07 Å². The van der Waals surface area contributed by atoms with E-state index in [4.69, 9.17) is 4.42 Å². The van der Waals surface area contributed by atoms with Crippen molar-refractivity contribution in [3.05, 3.63) is 33.6 Å². The Balaban J connectivity index is 2.72. The molecule has 1 rings (SSSR count). The minimum atomic E-state index is -0.532. The van der Waals surface area contributed by atoms with Crippen LogP contribution in [0.2, 0.25) is 0 Å². The molecule has 5 nitrogen and oxygen atoms in total. The molecule has 0 fully saturated rings. The summed E-state index contributed by atoms with van der Waals surface area (Å²) >= 11 is 0. The Bertz CT molecular complexity index is 408. The zero-order chi connectivity index (χ0) is 12.8. The van der Waals surface area contributed by atoms with Gasteiger partial charge < -0.3 is 9.73 Å². The van der Waals surface area contributed by atoms with Gasteiger partial charge in [-0.3, -0.25) is 10.1 Å². The summed E-state index contributed by atoms with van der Waals surface area (Å²) in [6, 6.07) is 3.40. The predicted molar refractivity (Wildman–Crippen MR) is 66.8 cm³/mol. The molecular formula is C12H18N2O3. The van der Waals surface area contributed by atoms with E-state index < -0.39 is 4.92 Å². The first-order valence-electron chi connectivity index (χ1n) is 5.70. The molecule has 1 N–H and O–H groups in total. The van der Waals surface area contributed by atoms with Crippen molar-refractivity contribution in [1.29, 1.82) is 0 Å². The van der Waals surface area contributed by atoms with Gasteiger partial charge in [-0.05, 0) is 18.6 Å². The molecule has 0 aliphatic carbocycles. The summed E-state index contributed by atoms with van der Waals surface area (Å²) < 4.78 is 5.08. The lowest BCUT2D eigenvalue weighted by molar-refractivity contribution is -0.402. The van der Waals surface area contributed by atoms with E-state index in [1.54, 1.807) is 6.07 Å². The lowest BCUT2D eigenvalue weighted by Gasteiger charge is -2.09. The van der Waals surface area contributed by atoms with E-state index in [1.807, 2.05) is 13.0 Å². The van der Waals surface area contributed by atoms with Crippen molar-refractivity contribution in [3.8, 4) is 0 Å². The zero-order valence-electron chi connectivity index (χ0n) is 10.4. The van der Waals surface area contributed by atoms with Gasteiger partial charge in [-0.1, -0.05) is 26.3 Å². The maximum Gasteiger partial charge on any atom is 0.433 e. The van der Waals surface area contributed by atoms with Gasteiger partial charge >= 0.3 is 5.88 Å². The van der Waals surface area contributed by atoms with Crippen LogP contribution in [0.4, 0.5) is 5.88 Å². The van der Waals surface area contributed by atoms with E-state index in [2.05, 4.69) is 19.2 Å². The quantitative estimate of drug-likeness (QED) is 0.611. The molecular weight excluding hydrogens is 220 g/mol. The summed E-state index contributed by atoms with van der Waals surface area (Å²) in [6.45, 7) is 6.96. The van der Waals surface area contributed by atoms with E-state index in [9.17, 15) is 10.1 Å². The molecule has 5 heteroatoms. The van der Waals surface area contributed by atoms with Crippen LogP contribution in [0.1, 0.15) is 33.0 Å². The monoisotopic (exact) mass is 238 g/mol. The first-order valence-corrected chi connectivity index (χ1v) is 5.70. The van der Waals surface area contributed by atoms with Crippen LogP contribution in [0.15, 0.2) is 22.1 Å². The molecule has 94 valence electrons. The van der Waals surface area contributed by atoms with Gasteiger partial charge in [0.2, 0.25) is 0 Å². The van der Waals surface area contributed by atoms with Crippen molar-refractivity contribution in [3.63, 3.8) is 0 Å². The van der Waals surface area contributed by atoms with Crippen molar-refractivity contribution < 1.29 is 9.34 Å². The smallest absolute Gasteiger partial charge is 0.401 e. The first-order chi connectivity index (χ1) is 8.02. The highest BCUT2D eigenvalue weighted by molar-refractivity contribution is 5.49. The third-order valence-corrected chi connectivity index (χ3v) is 2.33. The molecule has 0 amide bonds. The van der Waals surface area contributed by atoms with Gasteiger partial charge in [0.1, 0.15) is 10.7 Å². The van der Waals surface area contributed by atoms with Crippen LogP contribution in [0, 0.1) is 10.1 Å². The molecule has 0 aliphatic heterocycles. The fourth-order valence-electron chi connectivity index (χ4n) is 1.33. The van der Waals surface area contributed by atoms with Gasteiger partial charge in [0.15, 0.2) is 0 Å². The highest BCUT2D eigenvalue weighted by Crippen LogP contribution is 2.18. The minimum absolute atomic E-state index is 0.219. The Morgan fingerprint density at radius 2 is 2.29 bits per heavy atom. The lowest BCUT2D eigenvalue weighted by Crippen LogP contribution is -2.24. The summed E-state index contributed by atoms with van der Waals surface area (Å²) in [6.07, 6.45) is 2.73. The Hall–Kier alpha value is -1.62. The molecule has 0 radical (unpaired) electrons. The average molecular weight is 238 g/mol. The molecule has 1 aromatic rings. The highest BCUT2D eigenvalue weighted by Gasteiger charge is 2.10. The number of rotatable bonds is 6. The molecule has 0 saturated carbocycles. The van der Waals surface area contributed by atoms with Crippen molar-refractivity contribution in [1.82, 2.24) is 5.32 Å². The first kappa shape index (κ1) is 13.4. The Morgan fingerprint density at radius 3 is 2.76 bits per heavy atom. The number of hydrogen-bond donors (Lipinski definition) is 1. The molecule has 0 saturated heterocycles. The van der Waals surface area contributed by atoms with Gasteiger partial charge in [-0.15, -0.1) is 0 Å². The van der Waals surface area contributed by atoms with Gasteiger partial charge in [0.25, 0.3) is 0 Å². The van der Waals surface area contributed by atoms with E-state index in [0.717, 1.165) is 18.5 Å². The lowest BCUT2D eigenvalue weighted by atomic mass is 10.1. The number of nitrogens with zero attached hydrogens (tertiary/aromatic N) is 1. The molecule has 0 aromatic carbocycles. The number of nitrogens with one attached hydrogen (secondary N) is 1. The van der Waals surface area contributed by atoms with Crippen LogP contribution in [-0.4, -0.2) is 17.5 Å². The van der Waals surface area contributed by atoms with Gasteiger partial charge in [-0.25, -0.2) is 0 Å².